The second-order valence-electron chi connectivity index (χ2n) is 9.71. The normalized spacial score (nSPS) is 15.9. The fourth-order valence-electron chi connectivity index (χ4n) is 5.06. The van der Waals surface area contributed by atoms with Gasteiger partial charge in [0.2, 0.25) is 11.9 Å². The van der Waals surface area contributed by atoms with Gasteiger partial charge in [0.25, 0.3) is 6.43 Å². The highest BCUT2D eigenvalue weighted by Crippen LogP contribution is 2.41. The minimum Gasteiger partial charge on any atom is -0.368 e. The van der Waals surface area contributed by atoms with Gasteiger partial charge in [-0.1, -0.05) is 26.0 Å². The van der Waals surface area contributed by atoms with Crippen molar-refractivity contribution in [2.75, 3.05) is 48.7 Å². The van der Waals surface area contributed by atoms with Crippen LogP contribution >= 0.6 is 0 Å². The lowest BCUT2D eigenvalue weighted by Crippen LogP contribution is -2.72. The van der Waals surface area contributed by atoms with Crippen LogP contribution in [0.3, 0.4) is 0 Å². The van der Waals surface area contributed by atoms with E-state index in [2.05, 4.69) is 35.3 Å². The van der Waals surface area contributed by atoms with Gasteiger partial charge < -0.3 is 16.0 Å². The molecular weight excluding hydrogens is 502 g/mol. The highest BCUT2D eigenvalue weighted by molar-refractivity contribution is 5.66. The van der Waals surface area contributed by atoms with E-state index in [0.29, 0.717) is 11.8 Å². The Labute approximate surface area is 225 Å². The molecule has 1 aromatic carbocycles. The maximum absolute atomic E-state index is 12.5. The molecule has 0 unspecified atom stereocenters. The number of halogens is 2. The van der Waals surface area contributed by atoms with Crippen LogP contribution in [0.25, 0.3) is 22.6 Å². The number of hydrogen-bond acceptors (Lipinski definition) is 9. The summed E-state index contributed by atoms with van der Waals surface area (Å²) in [6.45, 7) is 7.03. The molecule has 2 saturated heterocycles. The van der Waals surface area contributed by atoms with E-state index >= 15 is 0 Å². The number of nitrogens with two attached hydrogens (primary N) is 1. The molecular formula is C27H32F2N10. The number of likely N-dealkylation sites (tertiary alicyclic amines) is 1. The van der Waals surface area contributed by atoms with E-state index in [9.17, 15) is 8.78 Å². The minimum atomic E-state index is -2.27. The third-order valence-corrected chi connectivity index (χ3v) is 6.77. The first kappa shape index (κ1) is 26.4. The molecule has 204 valence electrons. The smallest absolute Gasteiger partial charge is 0.251 e. The molecule has 1 spiro atoms. The number of hydrogen-bond donors (Lipinski definition) is 2. The number of rotatable bonds is 7. The first-order valence-corrected chi connectivity index (χ1v) is 12.9. The van der Waals surface area contributed by atoms with E-state index in [0.717, 1.165) is 54.5 Å². The Bertz CT molecular complexity index is 1390. The average Bonchev–Trinajstić information content (AvgIpc) is 3.26. The zero-order valence-corrected chi connectivity index (χ0v) is 22.2. The number of nitrogens with zero attached hydrogens (tertiary/aromatic N) is 8. The lowest BCUT2D eigenvalue weighted by Gasteiger charge is -2.60. The number of benzene rings is 1. The van der Waals surface area contributed by atoms with Gasteiger partial charge >= 0.3 is 0 Å². The molecule has 4 aromatic rings. The maximum Gasteiger partial charge on any atom is 0.251 e. The van der Waals surface area contributed by atoms with Crippen LogP contribution in [0, 0.1) is 5.41 Å². The summed E-state index contributed by atoms with van der Waals surface area (Å²) in [5, 5.41) is 7.82. The standard InChI is InChI=1S/C25H26F2N10.C2H6/c1-35-24(31-18-5-2-16(3-6-18)19-8-9-29-23(28)32-19)33-22(34-35)17-4-7-21(30-10-17)37-14-25(15-37)12-36(13-25)11-20(26)27;1-2/h2-10,20H,11-15H2,1H3,(H2,28,29,32)(H,31,33,34);1-2H3. The van der Waals surface area contributed by atoms with Crippen LogP contribution in [0.15, 0.2) is 54.9 Å². The highest BCUT2D eigenvalue weighted by atomic mass is 19.3. The van der Waals surface area contributed by atoms with Gasteiger partial charge in [-0.15, -0.1) is 5.10 Å². The van der Waals surface area contributed by atoms with Crippen LogP contribution in [-0.4, -0.2) is 73.8 Å². The number of anilines is 4. The number of alkyl halides is 2. The SMILES string of the molecule is CC.Cn1nc(-c2ccc(N3CC4(CN(CC(F)F)C4)C3)nc2)nc1Nc1ccc(-c2ccnc(N)n2)cc1. The van der Waals surface area contributed by atoms with Gasteiger partial charge in [-0.3, -0.25) is 4.90 Å². The van der Waals surface area contributed by atoms with Gasteiger partial charge in [-0.25, -0.2) is 28.4 Å². The van der Waals surface area contributed by atoms with Crippen LogP contribution in [0.2, 0.25) is 0 Å². The Morgan fingerprint density at radius 1 is 0.949 bits per heavy atom. The Hall–Kier alpha value is -4.19. The molecule has 3 aromatic heterocycles. The number of pyridine rings is 1. The zero-order chi connectivity index (χ0) is 27.6. The number of nitrogen functional groups attached to an aromatic ring is 1. The Kier molecular flexibility index (Phi) is 7.38. The van der Waals surface area contributed by atoms with Crippen molar-refractivity contribution < 1.29 is 8.78 Å². The summed E-state index contributed by atoms with van der Waals surface area (Å²) in [6, 6.07) is 13.5. The predicted molar refractivity (Wildman–Crippen MR) is 148 cm³/mol. The second kappa shape index (κ2) is 10.9. The second-order valence-corrected chi connectivity index (χ2v) is 9.71. The van der Waals surface area contributed by atoms with E-state index in [4.69, 9.17) is 5.73 Å². The van der Waals surface area contributed by atoms with Crippen LogP contribution in [-0.2, 0) is 7.05 Å². The summed E-state index contributed by atoms with van der Waals surface area (Å²) in [4.78, 5) is 21.4. The number of aryl methyl sites for hydroxylation is 1. The first-order chi connectivity index (χ1) is 18.9. The molecule has 6 rings (SSSR count). The summed E-state index contributed by atoms with van der Waals surface area (Å²) >= 11 is 0. The molecule has 2 aliphatic rings. The fraction of sp³-hybridized carbons (Fsp3) is 0.370. The van der Waals surface area contributed by atoms with Crippen LogP contribution in [0.5, 0.6) is 0 Å². The molecule has 0 aliphatic carbocycles. The van der Waals surface area contributed by atoms with Crippen molar-refractivity contribution in [1.82, 2.24) is 34.6 Å². The van der Waals surface area contributed by atoms with Gasteiger partial charge in [-0.2, -0.15) is 4.98 Å². The van der Waals surface area contributed by atoms with Crippen molar-refractivity contribution in [3.05, 3.63) is 54.9 Å². The molecule has 0 bridgehead atoms. The van der Waals surface area contributed by atoms with Gasteiger partial charge in [0.15, 0.2) is 5.82 Å². The Balaban J connectivity index is 0.00000151. The zero-order valence-electron chi connectivity index (χ0n) is 22.2. The molecule has 0 amide bonds. The molecule has 0 radical (unpaired) electrons. The molecule has 39 heavy (non-hydrogen) atoms. The molecule has 0 saturated carbocycles. The van der Waals surface area contributed by atoms with Gasteiger partial charge in [0.05, 0.1) is 12.2 Å². The maximum atomic E-state index is 12.5. The van der Waals surface area contributed by atoms with E-state index in [1.165, 1.54) is 0 Å². The summed E-state index contributed by atoms with van der Waals surface area (Å²) in [5.41, 5.74) is 9.18. The monoisotopic (exact) mass is 534 g/mol. The summed E-state index contributed by atoms with van der Waals surface area (Å²) in [7, 11) is 1.83. The average molecular weight is 535 g/mol. The third-order valence-electron chi connectivity index (χ3n) is 6.77. The van der Waals surface area contributed by atoms with Crippen LogP contribution in [0.4, 0.5) is 32.2 Å². The Morgan fingerprint density at radius 2 is 1.67 bits per heavy atom. The third kappa shape index (κ3) is 5.65. The van der Waals surface area contributed by atoms with Crippen molar-refractivity contribution in [3.63, 3.8) is 0 Å². The lowest BCUT2D eigenvalue weighted by atomic mass is 9.73. The van der Waals surface area contributed by atoms with Gasteiger partial charge in [0.1, 0.15) is 5.82 Å². The predicted octanol–water partition coefficient (Wildman–Crippen LogP) is 4.07. The molecule has 5 heterocycles. The molecule has 12 heteroatoms. The van der Waals surface area contributed by atoms with E-state index in [-0.39, 0.29) is 17.9 Å². The van der Waals surface area contributed by atoms with Crippen molar-refractivity contribution in [3.8, 4) is 22.6 Å². The van der Waals surface area contributed by atoms with Crippen molar-refractivity contribution in [2.24, 2.45) is 12.5 Å². The molecule has 0 atom stereocenters. The quantitative estimate of drug-likeness (QED) is 0.362. The topological polar surface area (TPSA) is 114 Å². The summed E-state index contributed by atoms with van der Waals surface area (Å²) in [6.07, 6.45) is 1.13. The Morgan fingerprint density at radius 3 is 2.31 bits per heavy atom. The molecule has 2 aliphatic heterocycles. The summed E-state index contributed by atoms with van der Waals surface area (Å²) in [5.74, 6) is 2.28. The van der Waals surface area contributed by atoms with E-state index < -0.39 is 6.43 Å². The number of aromatic nitrogens is 6. The number of nitrogens with one attached hydrogen (secondary N) is 1. The van der Waals surface area contributed by atoms with Crippen LogP contribution in [0.1, 0.15) is 13.8 Å². The first-order valence-electron chi connectivity index (χ1n) is 12.9. The van der Waals surface area contributed by atoms with Gasteiger partial charge in [-0.05, 0) is 30.3 Å². The fourth-order valence-corrected chi connectivity index (χ4v) is 5.06. The largest absolute Gasteiger partial charge is 0.368 e. The molecule has 3 N–H and O–H groups in total. The minimum absolute atomic E-state index is 0.132. The molecule has 10 nitrogen and oxygen atoms in total. The summed E-state index contributed by atoms with van der Waals surface area (Å²) < 4.78 is 26.8. The van der Waals surface area contributed by atoms with E-state index in [1.807, 2.05) is 68.3 Å². The van der Waals surface area contributed by atoms with Crippen molar-refractivity contribution in [1.29, 1.82) is 0 Å². The lowest BCUT2D eigenvalue weighted by molar-refractivity contribution is -0.0514. The van der Waals surface area contributed by atoms with Crippen LogP contribution < -0.4 is 16.0 Å². The highest BCUT2D eigenvalue weighted by Gasteiger charge is 2.52. The van der Waals surface area contributed by atoms with E-state index in [1.54, 1.807) is 17.1 Å². The van der Waals surface area contributed by atoms with Crippen molar-refractivity contribution in [2.45, 2.75) is 20.3 Å². The van der Waals surface area contributed by atoms with Crippen molar-refractivity contribution >= 4 is 23.4 Å². The molecule has 2 fully saturated rings. The van der Waals surface area contributed by atoms with Gasteiger partial charge in [0, 0.05) is 67.8 Å².